The summed E-state index contributed by atoms with van der Waals surface area (Å²) in [4.78, 5) is 12.1. The van der Waals surface area contributed by atoms with E-state index in [0.717, 1.165) is 11.1 Å². The van der Waals surface area contributed by atoms with Crippen molar-refractivity contribution < 1.29 is 13.9 Å². The molecule has 3 rings (SSSR count). The number of ether oxygens (including phenoxy) is 1. The van der Waals surface area contributed by atoms with Crippen molar-refractivity contribution >= 4 is 29.5 Å². The summed E-state index contributed by atoms with van der Waals surface area (Å²) in [5.74, 6) is 0.0945. The number of nitrogens with zero attached hydrogens (tertiary/aromatic N) is 4. The second kappa shape index (κ2) is 10.8. The Kier molecular flexibility index (Phi) is 7.60. The van der Waals surface area contributed by atoms with Gasteiger partial charge in [0.15, 0.2) is 5.11 Å². The molecule has 0 unspecified atom stereocenters. The molecule has 31 heavy (non-hydrogen) atoms. The van der Waals surface area contributed by atoms with E-state index in [1.54, 1.807) is 36.7 Å². The second-order valence-corrected chi connectivity index (χ2v) is 6.84. The highest BCUT2D eigenvalue weighted by Gasteiger charge is 2.07. The van der Waals surface area contributed by atoms with E-state index in [-0.39, 0.29) is 30.0 Å². The van der Waals surface area contributed by atoms with Crippen molar-refractivity contribution in [2.75, 3.05) is 0 Å². The minimum Gasteiger partial charge on any atom is -0.487 e. The molecular weight excluding hydrogens is 421 g/mol. The van der Waals surface area contributed by atoms with Gasteiger partial charge < -0.3 is 15.8 Å². The van der Waals surface area contributed by atoms with Gasteiger partial charge in [0.25, 0.3) is 0 Å². The number of hydrazone groups is 1. The molecule has 1 amide bonds. The zero-order chi connectivity index (χ0) is 22.1. The molecule has 0 bridgehead atoms. The third-order valence-electron chi connectivity index (χ3n) is 3.95. The lowest BCUT2D eigenvalue weighted by molar-refractivity contribution is -0.122. The summed E-state index contributed by atoms with van der Waals surface area (Å²) in [6.07, 6.45) is 3.22. The maximum Gasteiger partial charge on any atom is 0.242 e. The van der Waals surface area contributed by atoms with Gasteiger partial charge in [0.2, 0.25) is 5.91 Å². The molecule has 0 saturated carbocycles. The number of halogens is 1. The quantitative estimate of drug-likeness (QED) is 0.261. The predicted octanol–water partition coefficient (Wildman–Crippen LogP) is 1.48. The van der Waals surface area contributed by atoms with Crippen LogP contribution in [0, 0.1) is 5.82 Å². The topological polar surface area (TPSA) is 119 Å². The van der Waals surface area contributed by atoms with Crippen molar-refractivity contribution in [3.05, 3.63) is 77.4 Å². The summed E-state index contributed by atoms with van der Waals surface area (Å²) in [5, 5.41) is 14.6. The van der Waals surface area contributed by atoms with Crippen LogP contribution in [0.1, 0.15) is 16.8 Å². The number of carbonyl (C=O) groups is 1. The Balaban J connectivity index is 1.43. The summed E-state index contributed by atoms with van der Waals surface area (Å²) in [7, 11) is 0. The molecule has 0 fully saturated rings. The highest BCUT2D eigenvalue weighted by Crippen LogP contribution is 2.12. The van der Waals surface area contributed by atoms with Gasteiger partial charge >= 0.3 is 0 Å². The molecule has 1 heterocycles. The van der Waals surface area contributed by atoms with E-state index in [1.807, 2.05) is 12.1 Å². The number of benzene rings is 2. The first-order chi connectivity index (χ1) is 15.0. The molecule has 4 N–H and O–H groups in total. The summed E-state index contributed by atoms with van der Waals surface area (Å²) in [6, 6.07) is 13.1. The van der Waals surface area contributed by atoms with Gasteiger partial charge in [-0.1, -0.05) is 17.3 Å². The molecule has 0 spiro atoms. The average Bonchev–Trinajstić information content (AvgIpc) is 3.20. The SMILES string of the molecule is NC(=S)N/N=C/c1ccc(OCc2cn(CC(=O)NCc3ccc(F)cc3)nn2)cc1. The molecule has 0 saturated heterocycles. The van der Waals surface area contributed by atoms with E-state index in [1.165, 1.54) is 16.8 Å². The molecular formula is C20H20FN7O2S. The number of rotatable bonds is 9. The average molecular weight is 441 g/mol. The van der Waals surface area contributed by atoms with E-state index in [4.69, 9.17) is 10.5 Å². The second-order valence-electron chi connectivity index (χ2n) is 6.40. The first kappa shape index (κ1) is 21.8. The maximum absolute atomic E-state index is 12.9. The molecule has 0 aliphatic carbocycles. The molecule has 3 aromatic rings. The minimum absolute atomic E-state index is 0.0164. The Morgan fingerprint density at radius 2 is 1.97 bits per heavy atom. The zero-order valence-corrected chi connectivity index (χ0v) is 17.2. The maximum atomic E-state index is 12.9. The van der Waals surface area contributed by atoms with Crippen LogP contribution in [-0.2, 0) is 24.5 Å². The molecule has 1 aromatic heterocycles. The number of nitrogens with one attached hydrogen (secondary N) is 2. The molecule has 9 nitrogen and oxygen atoms in total. The van der Waals surface area contributed by atoms with Gasteiger partial charge in [-0.2, -0.15) is 5.10 Å². The van der Waals surface area contributed by atoms with Crippen LogP contribution in [0.3, 0.4) is 0 Å². The smallest absolute Gasteiger partial charge is 0.242 e. The lowest BCUT2D eigenvalue weighted by Crippen LogP contribution is -2.27. The third-order valence-corrected chi connectivity index (χ3v) is 4.04. The van der Waals surface area contributed by atoms with Gasteiger partial charge in [-0.15, -0.1) is 5.10 Å². The Morgan fingerprint density at radius 3 is 2.68 bits per heavy atom. The largest absolute Gasteiger partial charge is 0.487 e. The third kappa shape index (κ3) is 7.48. The van der Waals surface area contributed by atoms with Crippen LogP contribution in [0.2, 0.25) is 0 Å². The van der Waals surface area contributed by atoms with Gasteiger partial charge in [-0.3, -0.25) is 10.2 Å². The van der Waals surface area contributed by atoms with Crippen molar-refractivity contribution in [1.29, 1.82) is 0 Å². The van der Waals surface area contributed by atoms with Crippen LogP contribution >= 0.6 is 12.2 Å². The van der Waals surface area contributed by atoms with Gasteiger partial charge in [0.05, 0.1) is 12.4 Å². The number of nitrogens with two attached hydrogens (primary N) is 1. The van der Waals surface area contributed by atoms with Gasteiger partial charge in [0.1, 0.15) is 30.4 Å². The fraction of sp³-hybridized carbons (Fsp3) is 0.150. The van der Waals surface area contributed by atoms with Gasteiger partial charge in [-0.25, -0.2) is 9.07 Å². The Labute approximate surface area is 183 Å². The summed E-state index contributed by atoms with van der Waals surface area (Å²) in [6.45, 7) is 0.523. The summed E-state index contributed by atoms with van der Waals surface area (Å²) >= 11 is 4.66. The van der Waals surface area contributed by atoms with Crippen LogP contribution < -0.4 is 21.2 Å². The van der Waals surface area contributed by atoms with Crippen molar-refractivity contribution in [3.8, 4) is 5.75 Å². The molecule has 0 atom stereocenters. The van der Waals surface area contributed by atoms with E-state index in [0.29, 0.717) is 18.0 Å². The van der Waals surface area contributed by atoms with Crippen molar-refractivity contribution in [2.24, 2.45) is 10.8 Å². The van der Waals surface area contributed by atoms with Gasteiger partial charge in [0, 0.05) is 6.54 Å². The predicted molar refractivity (Wildman–Crippen MR) is 117 cm³/mol. The highest BCUT2D eigenvalue weighted by atomic mass is 32.1. The summed E-state index contributed by atoms with van der Waals surface area (Å²) < 4.78 is 20.0. The number of hydrogen-bond acceptors (Lipinski definition) is 6. The Hall–Kier alpha value is -3.86. The molecule has 11 heteroatoms. The van der Waals surface area contributed by atoms with Gasteiger partial charge in [-0.05, 0) is 59.7 Å². The zero-order valence-electron chi connectivity index (χ0n) is 16.4. The van der Waals surface area contributed by atoms with E-state index < -0.39 is 0 Å². The van der Waals surface area contributed by atoms with Crippen LogP contribution in [0.25, 0.3) is 0 Å². The molecule has 2 aromatic carbocycles. The van der Waals surface area contributed by atoms with Crippen LogP contribution in [0.15, 0.2) is 59.8 Å². The van der Waals surface area contributed by atoms with Crippen molar-refractivity contribution in [2.45, 2.75) is 19.7 Å². The van der Waals surface area contributed by atoms with Crippen molar-refractivity contribution in [3.63, 3.8) is 0 Å². The van der Waals surface area contributed by atoms with Crippen LogP contribution in [-0.4, -0.2) is 32.2 Å². The minimum atomic E-state index is -0.317. The molecule has 0 radical (unpaired) electrons. The van der Waals surface area contributed by atoms with Crippen LogP contribution in [0.5, 0.6) is 5.75 Å². The Bertz CT molecular complexity index is 1050. The number of aromatic nitrogens is 3. The monoisotopic (exact) mass is 441 g/mol. The number of hydrogen-bond donors (Lipinski definition) is 3. The standard InChI is InChI=1S/C20H20FN7O2S/c21-16-5-1-14(2-6-16)9-23-19(29)12-28-11-17(25-27-28)13-30-18-7-3-15(4-8-18)10-24-26-20(22)31/h1-8,10-11H,9,12-13H2,(H,23,29)(H3,22,26,31)/b24-10+. The van der Waals surface area contributed by atoms with Crippen molar-refractivity contribution in [1.82, 2.24) is 25.7 Å². The first-order valence-electron chi connectivity index (χ1n) is 9.19. The molecule has 0 aliphatic heterocycles. The number of amides is 1. The first-order valence-corrected chi connectivity index (χ1v) is 9.60. The highest BCUT2D eigenvalue weighted by molar-refractivity contribution is 7.80. The number of carbonyl (C=O) groups excluding carboxylic acids is 1. The van der Waals surface area contributed by atoms with E-state index >= 15 is 0 Å². The lowest BCUT2D eigenvalue weighted by atomic mass is 10.2. The lowest BCUT2D eigenvalue weighted by Gasteiger charge is -2.05. The van der Waals surface area contributed by atoms with E-state index in [9.17, 15) is 9.18 Å². The molecule has 0 aliphatic rings. The fourth-order valence-corrected chi connectivity index (χ4v) is 2.52. The van der Waals surface area contributed by atoms with Crippen LogP contribution in [0.4, 0.5) is 4.39 Å². The summed E-state index contributed by atoms with van der Waals surface area (Å²) in [5.41, 5.74) is 9.99. The van der Waals surface area contributed by atoms with E-state index in [2.05, 4.69) is 38.4 Å². The Morgan fingerprint density at radius 1 is 1.23 bits per heavy atom. The number of thiocarbonyl (C=S) groups is 1. The normalized spacial score (nSPS) is 10.7. The molecule has 160 valence electrons. The fourth-order valence-electron chi connectivity index (χ4n) is 2.47.